The highest BCUT2D eigenvalue weighted by Gasteiger charge is 2.17. The van der Waals surface area contributed by atoms with Crippen LogP contribution in [0.25, 0.3) is 0 Å². The lowest BCUT2D eigenvalue weighted by molar-refractivity contribution is 0.241. The maximum atomic E-state index is 14.1. The maximum absolute atomic E-state index is 14.1. The van der Waals surface area contributed by atoms with Gasteiger partial charge in [-0.3, -0.25) is 4.98 Å². The summed E-state index contributed by atoms with van der Waals surface area (Å²) in [4.78, 5) is 4.21. The van der Waals surface area contributed by atoms with E-state index < -0.39 is 0 Å². The van der Waals surface area contributed by atoms with Gasteiger partial charge >= 0.3 is 0 Å². The first-order chi connectivity index (χ1) is 10.1. The molecule has 0 fully saturated rings. The van der Waals surface area contributed by atoms with Crippen molar-refractivity contribution in [3.8, 4) is 5.75 Å². The lowest BCUT2D eigenvalue weighted by Gasteiger charge is -2.20. The molecule has 2 rings (SSSR count). The van der Waals surface area contributed by atoms with Gasteiger partial charge in [-0.15, -0.1) is 0 Å². The van der Waals surface area contributed by atoms with Crippen molar-refractivity contribution >= 4 is 0 Å². The van der Waals surface area contributed by atoms with Crippen molar-refractivity contribution < 1.29 is 9.13 Å². The summed E-state index contributed by atoms with van der Waals surface area (Å²) in [6, 6.07) is 8.47. The van der Waals surface area contributed by atoms with Crippen molar-refractivity contribution in [2.75, 3.05) is 6.54 Å². The Hall–Kier alpha value is -1.94. The van der Waals surface area contributed by atoms with Gasteiger partial charge in [0.15, 0.2) is 0 Å². The first-order valence-corrected chi connectivity index (χ1v) is 7.21. The van der Waals surface area contributed by atoms with Crippen LogP contribution in [0.15, 0.2) is 42.7 Å². The normalized spacial score (nSPS) is 12.4. The Morgan fingerprint density at radius 1 is 1.24 bits per heavy atom. The van der Waals surface area contributed by atoms with Crippen molar-refractivity contribution in [3.63, 3.8) is 0 Å². The van der Waals surface area contributed by atoms with E-state index in [0.29, 0.717) is 11.3 Å². The predicted molar refractivity (Wildman–Crippen MR) is 81.9 cm³/mol. The molecule has 0 aliphatic heterocycles. The number of aromatic nitrogens is 1. The van der Waals surface area contributed by atoms with Gasteiger partial charge in [-0.25, -0.2) is 4.39 Å². The lowest BCUT2D eigenvalue weighted by atomic mass is 9.99. The van der Waals surface area contributed by atoms with E-state index >= 15 is 0 Å². The number of rotatable bonds is 6. The molecule has 1 unspecified atom stereocenters. The standard InChI is InChI=1S/C17H21FN2O/c1-4-20-17(15-7-5-6-8-16(15)18)13-9-14(11-19-10-13)21-12(2)3/h5-12,17,20H,4H2,1-3H3. The van der Waals surface area contributed by atoms with Gasteiger partial charge in [-0.1, -0.05) is 25.1 Å². The van der Waals surface area contributed by atoms with E-state index in [1.807, 2.05) is 32.9 Å². The Morgan fingerprint density at radius 3 is 2.67 bits per heavy atom. The Bertz CT molecular complexity index is 587. The Labute approximate surface area is 125 Å². The van der Waals surface area contributed by atoms with Gasteiger partial charge in [0.25, 0.3) is 0 Å². The summed E-state index contributed by atoms with van der Waals surface area (Å²) in [5.41, 5.74) is 1.50. The average Bonchev–Trinajstić information content (AvgIpc) is 2.45. The highest BCUT2D eigenvalue weighted by atomic mass is 19.1. The summed E-state index contributed by atoms with van der Waals surface area (Å²) < 4.78 is 19.7. The molecule has 0 radical (unpaired) electrons. The molecule has 0 saturated heterocycles. The van der Waals surface area contributed by atoms with E-state index in [1.165, 1.54) is 6.07 Å². The van der Waals surface area contributed by atoms with Crippen molar-refractivity contribution in [1.82, 2.24) is 10.3 Å². The molecule has 0 spiro atoms. The molecule has 112 valence electrons. The van der Waals surface area contributed by atoms with Crippen LogP contribution in [-0.2, 0) is 0 Å². The summed E-state index contributed by atoms with van der Waals surface area (Å²) in [6.07, 6.45) is 3.49. The fourth-order valence-corrected chi connectivity index (χ4v) is 2.25. The van der Waals surface area contributed by atoms with Gasteiger partial charge in [-0.05, 0) is 38.1 Å². The molecule has 2 aromatic rings. The number of benzene rings is 1. The number of nitrogens with zero attached hydrogens (tertiary/aromatic N) is 1. The maximum Gasteiger partial charge on any atom is 0.138 e. The third kappa shape index (κ3) is 4.02. The van der Waals surface area contributed by atoms with Crippen LogP contribution in [0.1, 0.15) is 37.9 Å². The quantitative estimate of drug-likeness (QED) is 0.880. The number of hydrogen-bond acceptors (Lipinski definition) is 3. The van der Waals surface area contributed by atoms with Crippen LogP contribution in [0.3, 0.4) is 0 Å². The van der Waals surface area contributed by atoms with Gasteiger partial charge in [-0.2, -0.15) is 0 Å². The fourth-order valence-electron chi connectivity index (χ4n) is 2.25. The van der Waals surface area contributed by atoms with Gasteiger partial charge in [0.2, 0.25) is 0 Å². The average molecular weight is 288 g/mol. The van der Waals surface area contributed by atoms with E-state index in [0.717, 1.165) is 12.1 Å². The number of ether oxygens (including phenoxy) is 1. The van der Waals surface area contributed by atoms with E-state index in [9.17, 15) is 4.39 Å². The molecule has 1 aromatic heterocycles. The van der Waals surface area contributed by atoms with Crippen molar-refractivity contribution in [2.45, 2.75) is 32.9 Å². The predicted octanol–water partition coefficient (Wildman–Crippen LogP) is 3.71. The van der Waals surface area contributed by atoms with Crippen LogP contribution in [0.2, 0.25) is 0 Å². The van der Waals surface area contributed by atoms with Crippen LogP contribution >= 0.6 is 0 Å². The summed E-state index contributed by atoms with van der Waals surface area (Å²) in [7, 11) is 0. The SMILES string of the molecule is CCNC(c1cncc(OC(C)C)c1)c1ccccc1F. The van der Waals surface area contributed by atoms with Gasteiger partial charge in [0.1, 0.15) is 11.6 Å². The highest BCUT2D eigenvalue weighted by Crippen LogP contribution is 2.26. The summed E-state index contributed by atoms with van der Waals surface area (Å²) >= 11 is 0. The van der Waals surface area contributed by atoms with Gasteiger partial charge in [0.05, 0.1) is 18.3 Å². The topological polar surface area (TPSA) is 34.2 Å². The molecule has 0 aliphatic rings. The van der Waals surface area contributed by atoms with E-state index in [2.05, 4.69) is 10.3 Å². The molecule has 21 heavy (non-hydrogen) atoms. The summed E-state index contributed by atoms with van der Waals surface area (Å²) in [6.45, 7) is 6.65. The minimum absolute atomic E-state index is 0.0769. The third-order valence-corrected chi connectivity index (χ3v) is 3.06. The fraction of sp³-hybridized carbons (Fsp3) is 0.353. The highest BCUT2D eigenvalue weighted by molar-refractivity contribution is 5.34. The zero-order chi connectivity index (χ0) is 15.2. The molecule has 0 aliphatic carbocycles. The third-order valence-electron chi connectivity index (χ3n) is 3.06. The Kier molecular flexibility index (Phi) is 5.28. The Morgan fingerprint density at radius 2 is 2.00 bits per heavy atom. The summed E-state index contributed by atoms with van der Waals surface area (Å²) in [5.74, 6) is 0.473. The van der Waals surface area contributed by atoms with Crippen LogP contribution in [0.4, 0.5) is 4.39 Å². The molecule has 1 heterocycles. The van der Waals surface area contributed by atoms with E-state index in [-0.39, 0.29) is 18.0 Å². The molecule has 4 heteroatoms. The minimum atomic E-state index is -0.237. The molecule has 0 bridgehead atoms. The molecule has 1 N–H and O–H groups in total. The van der Waals surface area contributed by atoms with E-state index in [4.69, 9.17) is 4.74 Å². The monoisotopic (exact) mass is 288 g/mol. The van der Waals surface area contributed by atoms with E-state index in [1.54, 1.807) is 24.5 Å². The molecule has 3 nitrogen and oxygen atoms in total. The minimum Gasteiger partial charge on any atom is -0.489 e. The second kappa shape index (κ2) is 7.18. The number of pyridine rings is 1. The van der Waals surface area contributed by atoms with Crippen molar-refractivity contribution in [3.05, 3.63) is 59.7 Å². The number of hydrogen-bond donors (Lipinski definition) is 1. The molecule has 1 atom stereocenters. The Balaban J connectivity index is 2.36. The van der Waals surface area contributed by atoms with Crippen molar-refractivity contribution in [2.24, 2.45) is 0 Å². The first-order valence-electron chi connectivity index (χ1n) is 7.21. The van der Waals surface area contributed by atoms with Crippen molar-refractivity contribution in [1.29, 1.82) is 0 Å². The van der Waals surface area contributed by atoms with Crippen LogP contribution < -0.4 is 10.1 Å². The number of nitrogens with one attached hydrogen (secondary N) is 1. The van der Waals surface area contributed by atoms with Crippen LogP contribution in [0.5, 0.6) is 5.75 Å². The molecular weight excluding hydrogens is 267 g/mol. The molecule has 0 amide bonds. The number of halogens is 1. The van der Waals surface area contributed by atoms with Gasteiger partial charge in [0, 0.05) is 11.8 Å². The second-order valence-electron chi connectivity index (χ2n) is 5.13. The molecule has 1 aromatic carbocycles. The van der Waals surface area contributed by atoms with Gasteiger partial charge < -0.3 is 10.1 Å². The van der Waals surface area contributed by atoms with Crippen LogP contribution in [0, 0.1) is 5.82 Å². The lowest BCUT2D eigenvalue weighted by Crippen LogP contribution is -2.23. The largest absolute Gasteiger partial charge is 0.489 e. The molecular formula is C17H21FN2O. The first kappa shape index (κ1) is 15.4. The second-order valence-corrected chi connectivity index (χ2v) is 5.13. The molecule has 0 saturated carbocycles. The smallest absolute Gasteiger partial charge is 0.138 e. The zero-order valence-corrected chi connectivity index (χ0v) is 12.6. The summed E-state index contributed by atoms with van der Waals surface area (Å²) in [5, 5.41) is 3.30. The zero-order valence-electron chi connectivity index (χ0n) is 12.6. The van der Waals surface area contributed by atoms with Crippen LogP contribution in [-0.4, -0.2) is 17.6 Å².